The van der Waals surface area contributed by atoms with Gasteiger partial charge in [0.1, 0.15) is 5.82 Å². The first-order valence-corrected chi connectivity index (χ1v) is 11.3. The average molecular weight is 419 g/mol. The molecule has 158 valence electrons. The van der Waals surface area contributed by atoms with Gasteiger partial charge in [0.15, 0.2) is 0 Å². The fourth-order valence-electron chi connectivity index (χ4n) is 3.54. The molecule has 1 aromatic rings. The van der Waals surface area contributed by atoms with Gasteiger partial charge in [-0.3, -0.25) is 4.90 Å². The summed E-state index contributed by atoms with van der Waals surface area (Å²) < 4.78 is 27.8. The zero-order valence-corrected chi connectivity index (χ0v) is 18.0. The number of anilines is 1. The minimum Gasteiger partial charge on any atom is -0.374 e. The first kappa shape index (κ1) is 21.5. The lowest BCUT2D eigenvalue weighted by Gasteiger charge is -2.37. The molecule has 0 amide bonds. The average Bonchev–Trinajstić information content (AvgIpc) is 3.58. The van der Waals surface area contributed by atoms with Crippen LogP contribution >= 0.6 is 0 Å². The smallest absolute Gasteiger partial charge is 0.243 e. The fourth-order valence-corrected chi connectivity index (χ4v) is 4.92. The highest BCUT2D eigenvalue weighted by Gasteiger charge is 2.36. The summed E-state index contributed by atoms with van der Waals surface area (Å²) in [5.74, 6) is 0.716. The Balaban J connectivity index is 1.69. The van der Waals surface area contributed by atoms with Gasteiger partial charge in [0, 0.05) is 38.4 Å². The second-order valence-electron chi connectivity index (χ2n) is 7.48. The predicted octanol–water partition coefficient (Wildman–Crippen LogP) is 2.09. The van der Waals surface area contributed by atoms with Crippen molar-refractivity contribution in [3.63, 3.8) is 0 Å². The molecule has 3 rings (SSSR count). The van der Waals surface area contributed by atoms with E-state index < -0.39 is 10.0 Å². The van der Waals surface area contributed by atoms with E-state index in [9.17, 15) is 8.42 Å². The molecule has 1 aliphatic heterocycles. The maximum absolute atomic E-state index is 13.1. The van der Waals surface area contributed by atoms with Crippen LogP contribution < -0.4 is 10.6 Å². The predicted molar refractivity (Wildman–Crippen MR) is 118 cm³/mol. The molecule has 1 aliphatic carbocycles. The minimum atomic E-state index is -3.55. The SMILES string of the molecule is C=N/C(=N\C(=C)NC)Nc1ccc(S(=O)(=O)N(C)C2CCCN(C3CC3)C2)cc1. The van der Waals surface area contributed by atoms with Crippen molar-refractivity contribution in [2.45, 2.75) is 42.7 Å². The third kappa shape index (κ3) is 5.23. The maximum Gasteiger partial charge on any atom is 0.243 e. The Morgan fingerprint density at radius 1 is 1.24 bits per heavy atom. The van der Waals surface area contributed by atoms with Gasteiger partial charge in [-0.1, -0.05) is 6.58 Å². The van der Waals surface area contributed by atoms with E-state index >= 15 is 0 Å². The molecule has 2 N–H and O–H groups in total. The number of likely N-dealkylation sites (tertiary alicyclic amines) is 1. The Labute approximate surface area is 173 Å². The molecule has 9 heteroatoms. The topological polar surface area (TPSA) is 89.4 Å². The second-order valence-corrected chi connectivity index (χ2v) is 9.48. The Morgan fingerprint density at radius 3 is 2.52 bits per heavy atom. The van der Waals surface area contributed by atoms with Crippen molar-refractivity contribution in [1.29, 1.82) is 0 Å². The normalized spacial score (nSPS) is 21.1. The van der Waals surface area contributed by atoms with Crippen LogP contribution in [0.1, 0.15) is 25.7 Å². The second kappa shape index (κ2) is 9.06. The van der Waals surface area contributed by atoms with Gasteiger partial charge in [-0.25, -0.2) is 13.4 Å². The van der Waals surface area contributed by atoms with Crippen LogP contribution in [0, 0.1) is 0 Å². The quantitative estimate of drug-likeness (QED) is 0.523. The van der Waals surface area contributed by atoms with Gasteiger partial charge < -0.3 is 10.6 Å². The lowest BCUT2D eigenvalue weighted by atomic mass is 10.1. The molecular weight excluding hydrogens is 388 g/mol. The van der Waals surface area contributed by atoms with Crippen molar-refractivity contribution in [3.8, 4) is 0 Å². The molecule has 1 atom stereocenters. The number of nitrogens with one attached hydrogen (secondary N) is 2. The molecule has 8 nitrogen and oxygen atoms in total. The van der Waals surface area contributed by atoms with E-state index in [-0.39, 0.29) is 16.9 Å². The number of hydrogen-bond donors (Lipinski definition) is 2. The summed E-state index contributed by atoms with van der Waals surface area (Å²) in [5, 5.41) is 5.80. The van der Waals surface area contributed by atoms with Gasteiger partial charge in [0.2, 0.25) is 16.0 Å². The third-order valence-electron chi connectivity index (χ3n) is 5.47. The van der Waals surface area contributed by atoms with E-state index in [1.54, 1.807) is 42.7 Å². The van der Waals surface area contributed by atoms with Crippen LogP contribution in [0.5, 0.6) is 0 Å². The van der Waals surface area contributed by atoms with Crippen LogP contribution in [0.15, 0.2) is 51.5 Å². The summed E-state index contributed by atoms with van der Waals surface area (Å²) in [6.45, 7) is 9.10. The van der Waals surface area contributed by atoms with Gasteiger partial charge >= 0.3 is 0 Å². The number of rotatable bonds is 7. The number of likely N-dealkylation sites (N-methyl/N-ethyl adjacent to an activating group) is 1. The Hall–Kier alpha value is -2.23. The Kier molecular flexibility index (Phi) is 6.71. The van der Waals surface area contributed by atoms with Crippen LogP contribution in [0.3, 0.4) is 0 Å². The molecule has 1 saturated heterocycles. The van der Waals surface area contributed by atoms with Crippen molar-refractivity contribution in [2.24, 2.45) is 9.98 Å². The van der Waals surface area contributed by atoms with E-state index in [1.165, 1.54) is 12.8 Å². The summed E-state index contributed by atoms with van der Waals surface area (Å²) in [5.41, 5.74) is 0.666. The van der Waals surface area contributed by atoms with Crippen LogP contribution in [0.2, 0.25) is 0 Å². The lowest BCUT2D eigenvalue weighted by molar-refractivity contribution is 0.152. The van der Waals surface area contributed by atoms with Crippen molar-refractivity contribution in [2.75, 3.05) is 32.5 Å². The molecule has 1 saturated carbocycles. The molecule has 1 aromatic carbocycles. The van der Waals surface area contributed by atoms with Crippen LogP contribution in [-0.4, -0.2) is 69.6 Å². The number of guanidine groups is 1. The lowest BCUT2D eigenvalue weighted by Crippen LogP contribution is -2.49. The first-order chi connectivity index (χ1) is 13.8. The number of benzene rings is 1. The van der Waals surface area contributed by atoms with Gasteiger partial charge in [0.25, 0.3) is 0 Å². The zero-order valence-electron chi connectivity index (χ0n) is 17.1. The molecule has 1 unspecified atom stereocenters. The van der Waals surface area contributed by atoms with Crippen LogP contribution in [0.4, 0.5) is 5.69 Å². The summed E-state index contributed by atoms with van der Waals surface area (Å²) >= 11 is 0. The molecule has 0 radical (unpaired) electrons. The van der Waals surface area contributed by atoms with Crippen molar-refractivity contribution in [1.82, 2.24) is 14.5 Å². The number of aliphatic imine (C=N–C) groups is 2. The molecule has 0 spiro atoms. The summed E-state index contributed by atoms with van der Waals surface area (Å²) in [7, 11) is -0.152. The van der Waals surface area contributed by atoms with E-state index in [0.717, 1.165) is 25.9 Å². The van der Waals surface area contributed by atoms with Gasteiger partial charge in [0.05, 0.1) is 4.90 Å². The molecule has 0 aromatic heterocycles. The van der Waals surface area contributed by atoms with E-state index in [0.29, 0.717) is 17.6 Å². The highest BCUT2D eigenvalue weighted by molar-refractivity contribution is 7.89. The van der Waals surface area contributed by atoms with Crippen LogP contribution in [0.25, 0.3) is 0 Å². The first-order valence-electron chi connectivity index (χ1n) is 9.86. The van der Waals surface area contributed by atoms with E-state index in [2.05, 4.69) is 38.8 Å². The zero-order chi connectivity index (χ0) is 21.0. The molecular formula is C20H30N6O2S. The standard InChI is InChI=1S/C20H30N6O2S/c1-15(21-2)23-20(22-3)24-16-7-11-19(12-8-16)29(27,28)25(4)18-6-5-13-26(14-18)17-9-10-17/h7-8,11-12,17-18,21H,1,3,5-6,9-10,13-14H2,2,4H3,(H,23,24). The Bertz CT molecular complexity index is 877. The number of nitrogens with zero attached hydrogens (tertiary/aromatic N) is 4. The number of hydrogen-bond acceptors (Lipinski definition) is 5. The summed E-state index contributed by atoms with van der Waals surface area (Å²) in [6, 6.07) is 7.27. The van der Waals surface area contributed by atoms with Crippen molar-refractivity contribution in [3.05, 3.63) is 36.7 Å². The maximum atomic E-state index is 13.1. The summed E-state index contributed by atoms with van der Waals surface area (Å²) in [6.07, 6.45) is 4.42. The monoisotopic (exact) mass is 418 g/mol. The molecule has 0 bridgehead atoms. The number of piperidine rings is 1. The largest absolute Gasteiger partial charge is 0.374 e. The molecule has 2 aliphatic rings. The van der Waals surface area contributed by atoms with Crippen LogP contribution in [-0.2, 0) is 10.0 Å². The van der Waals surface area contributed by atoms with Crippen molar-refractivity contribution < 1.29 is 8.42 Å². The van der Waals surface area contributed by atoms with Gasteiger partial charge in [-0.2, -0.15) is 9.30 Å². The van der Waals surface area contributed by atoms with E-state index in [4.69, 9.17) is 0 Å². The molecule has 1 heterocycles. The highest BCUT2D eigenvalue weighted by Crippen LogP contribution is 2.31. The molecule has 2 fully saturated rings. The third-order valence-corrected chi connectivity index (χ3v) is 7.40. The highest BCUT2D eigenvalue weighted by atomic mass is 32.2. The van der Waals surface area contributed by atoms with Gasteiger partial charge in [-0.05, 0) is 63.2 Å². The molecule has 29 heavy (non-hydrogen) atoms. The minimum absolute atomic E-state index is 0.0170. The fraction of sp³-hybridized carbons (Fsp3) is 0.500. The van der Waals surface area contributed by atoms with Crippen molar-refractivity contribution >= 4 is 28.4 Å². The number of sulfonamides is 1. The van der Waals surface area contributed by atoms with Gasteiger partial charge in [-0.15, -0.1) is 0 Å². The van der Waals surface area contributed by atoms with E-state index in [1.807, 2.05) is 0 Å². The summed E-state index contributed by atoms with van der Waals surface area (Å²) in [4.78, 5) is 10.7. The Morgan fingerprint density at radius 2 is 1.93 bits per heavy atom.